The maximum atomic E-state index is 4.26. The van der Waals surface area contributed by atoms with Crippen LogP contribution in [0.2, 0.25) is 0 Å². The van der Waals surface area contributed by atoms with Crippen molar-refractivity contribution in [3.8, 4) is 0 Å². The summed E-state index contributed by atoms with van der Waals surface area (Å²) >= 11 is 0. The standard InChI is InChI=1S/C14H17N3/c1-12(13-6-4-3-5-7-13)10-15-11-14-16-8-9-17(14)2/h3-9,15H,1,10-11H2,2H3. The van der Waals surface area contributed by atoms with E-state index in [0.717, 1.165) is 24.5 Å². The summed E-state index contributed by atoms with van der Waals surface area (Å²) in [6.07, 6.45) is 3.76. The van der Waals surface area contributed by atoms with Gasteiger partial charge < -0.3 is 9.88 Å². The Bertz CT molecular complexity index is 485. The van der Waals surface area contributed by atoms with Crippen molar-refractivity contribution in [2.45, 2.75) is 6.54 Å². The molecule has 0 spiro atoms. The molecule has 3 nitrogen and oxygen atoms in total. The van der Waals surface area contributed by atoms with Crippen molar-refractivity contribution in [3.05, 3.63) is 60.7 Å². The van der Waals surface area contributed by atoms with Gasteiger partial charge in [-0.1, -0.05) is 36.9 Å². The van der Waals surface area contributed by atoms with Gasteiger partial charge in [0.2, 0.25) is 0 Å². The summed E-state index contributed by atoms with van der Waals surface area (Å²) < 4.78 is 2.01. The topological polar surface area (TPSA) is 29.9 Å². The van der Waals surface area contributed by atoms with Crippen molar-refractivity contribution in [1.29, 1.82) is 0 Å². The van der Waals surface area contributed by atoms with Gasteiger partial charge in [-0.15, -0.1) is 0 Å². The Morgan fingerprint density at radius 1 is 1.35 bits per heavy atom. The molecule has 0 saturated heterocycles. The van der Waals surface area contributed by atoms with Crippen molar-refractivity contribution in [2.24, 2.45) is 7.05 Å². The minimum Gasteiger partial charge on any atom is -0.337 e. The van der Waals surface area contributed by atoms with Gasteiger partial charge in [-0.25, -0.2) is 4.98 Å². The third-order valence-corrected chi connectivity index (χ3v) is 2.72. The average Bonchev–Trinajstić information content (AvgIpc) is 2.76. The Labute approximate surface area is 102 Å². The van der Waals surface area contributed by atoms with Crippen LogP contribution < -0.4 is 5.32 Å². The molecule has 1 aromatic carbocycles. The van der Waals surface area contributed by atoms with Crippen molar-refractivity contribution >= 4 is 5.57 Å². The van der Waals surface area contributed by atoms with Crippen LogP contribution in [0.5, 0.6) is 0 Å². The Morgan fingerprint density at radius 3 is 2.76 bits per heavy atom. The lowest BCUT2D eigenvalue weighted by molar-refractivity contribution is 0.685. The molecule has 0 radical (unpaired) electrons. The van der Waals surface area contributed by atoms with Crippen molar-refractivity contribution in [3.63, 3.8) is 0 Å². The average molecular weight is 227 g/mol. The number of nitrogens with one attached hydrogen (secondary N) is 1. The maximum Gasteiger partial charge on any atom is 0.122 e. The number of hydrogen-bond acceptors (Lipinski definition) is 2. The van der Waals surface area contributed by atoms with Crippen LogP contribution in [0.25, 0.3) is 5.57 Å². The monoisotopic (exact) mass is 227 g/mol. The number of imidazole rings is 1. The second kappa shape index (κ2) is 5.46. The van der Waals surface area contributed by atoms with Gasteiger partial charge >= 0.3 is 0 Å². The largest absolute Gasteiger partial charge is 0.337 e. The van der Waals surface area contributed by atoms with Gasteiger partial charge in [0.05, 0.1) is 6.54 Å². The predicted octanol–water partition coefficient (Wildman–Crippen LogP) is 2.22. The predicted molar refractivity (Wildman–Crippen MR) is 70.4 cm³/mol. The first-order valence-corrected chi connectivity index (χ1v) is 5.67. The van der Waals surface area contributed by atoms with Crippen LogP contribution >= 0.6 is 0 Å². The molecule has 1 N–H and O–H groups in total. The molecule has 3 heteroatoms. The van der Waals surface area contributed by atoms with Gasteiger partial charge in [-0.05, 0) is 11.1 Å². The number of benzene rings is 1. The van der Waals surface area contributed by atoms with Crippen LogP contribution in [0.1, 0.15) is 11.4 Å². The fourth-order valence-corrected chi connectivity index (χ4v) is 1.67. The van der Waals surface area contributed by atoms with E-state index in [1.807, 2.05) is 42.2 Å². The van der Waals surface area contributed by atoms with Gasteiger partial charge in [-0.3, -0.25) is 0 Å². The molecule has 0 unspecified atom stereocenters. The zero-order valence-corrected chi connectivity index (χ0v) is 10.1. The third-order valence-electron chi connectivity index (χ3n) is 2.72. The van der Waals surface area contributed by atoms with E-state index in [9.17, 15) is 0 Å². The first kappa shape index (κ1) is 11.6. The molecule has 1 heterocycles. The van der Waals surface area contributed by atoms with Gasteiger partial charge in [0, 0.05) is 26.0 Å². The highest BCUT2D eigenvalue weighted by Gasteiger charge is 2.00. The highest BCUT2D eigenvalue weighted by Crippen LogP contribution is 2.10. The first-order valence-electron chi connectivity index (χ1n) is 5.67. The Morgan fingerprint density at radius 2 is 2.12 bits per heavy atom. The summed E-state index contributed by atoms with van der Waals surface area (Å²) in [5.74, 6) is 1.03. The molecule has 0 saturated carbocycles. The molecular formula is C14H17N3. The van der Waals surface area contributed by atoms with Crippen molar-refractivity contribution in [1.82, 2.24) is 14.9 Å². The van der Waals surface area contributed by atoms with E-state index in [4.69, 9.17) is 0 Å². The molecule has 0 amide bonds. The molecular weight excluding hydrogens is 210 g/mol. The SMILES string of the molecule is C=C(CNCc1nccn1C)c1ccccc1. The Hall–Kier alpha value is -1.87. The van der Waals surface area contributed by atoms with Gasteiger partial charge in [-0.2, -0.15) is 0 Å². The summed E-state index contributed by atoms with van der Waals surface area (Å²) in [6, 6.07) is 10.2. The van der Waals surface area contributed by atoms with E-state index in [0.29, 0.717) is 0 Å². The zero-order valence-electron chi connectivity index (χ0n) is 10.1. The maximum absolute atomic E-state index is 4.26. The third kappa shape index (κ3) is 3.04. The van der Waals surface area contributed by atoms with Crippen LogP contribution in [0.4, 0.5) is 0 Å². The number of nitrogens with zero attached hydrogens (tertiary/aromatic N) is 2. The molecule has 17 heavy (non-hydrogen) atoms. The second-order valence-corrected chi connectivity index (χ2v) is 4.03. The lowest BCUT2D eigenvalue weighted by Gasteiger charge is -2.08. The van der Waals surface area contributed by atoms with Gasteiger partial charge in [0.15, 0.2) is 0 Å². The smallest absolute Gasteiger partial charge is 0.122 e. The van der Waals surface area contributed by atoms with Crippen LogP contribution in [0, 0.1) is 0 Å². The fraction of sp³-hybridized carbons (Fsp3) is 0.214. The molecule has 0 atom stereocenters. The fourth-order valence-electron chi connectivity index (χ4n) is 1.67. The molecule has 0 aliphatic rings. The lowest BCUT2D eigenvalue weighted by atomic mass is 10.1. The highest BCUT2D eigenvalue weighted by atomic mass is 15.1. The lowest BCUT2D eigenvalue weighted by Crippen LogP contribution is -2.18. The van der Waals surface area contributed by atoms with Crippen LogP contribution in [-0.2, 0) is 13.6 Å². The number of aryl methyl sites for hydroxylation is 1. The normalized spacial score (nSPS) is 10.4. The Kier molecular flexibility index (Phi) is 3.73. The van der Waals surface area contributed by atoms with E-state index in [1.165, 1.54) is 5.56 Å². The molecule has 88 valence electrons. The number of hydrogen-bond donors (Lipinski definition) is 1. The summed E-state index contributed by atoms with van der Waals surface area (Å²) in [7, 11) is 2.00. The van der Waals surface area contributed by atoms with Crippen molar-refractivity contribution in [2.75, 3.05) is 6.54 Å². The van der Waals surface area contributed by atoms with Gasteiger partial charge in [0.25, 0.3) is 0 Å². The molecule has 2 aromatic rings. The quantitative estimate of drug-likeness (QED) is 0.849. The Balaban J connectivity index is 1.84. The molecule has 0 bridgehead atoms. The van der Waals surface area contributed by atoms with E-state index < -0.39 is 0 Å². The van der Waals surface area contributed by atoms with Crippen LogP contribution in [0.3, 0.4) is 0 Å². The summed E-state index contributed by atoms with van der Waals surface area (Å²) in [5.41, 5.74) is 2.28. The van der Waals surface area contributed by atoms with Crippen LogP contribution in [0.15, 0.2) is 49.3 Å². The van der Waals surface area contributed by atoms with E-state index in [1.54, 1.807) is 0 Å². The van der Waals surface area contributed by atoms with E-state index in [-0.39, 0.29) is 0 Å². The van der Waals surface area contributed by atoms with Gasteiger partial charge in [0.1, 0.15) is 5.82 Å². The minimum atomic E-state index is 0.759. The molecule has 0 fully saturated rings. The van der Waals surface area contributed by atoms with E-state index >= 15 is 0 Å². The summed E-state index contributed by atoms with van der Waals surface area (Å²) in [4.78, 5) is 4.26. The minimum absolute atomic E-state index is 0.759. The summed E-state index contributed by atoms with van der Waals surface area (Å²) in [5, 5.41) is 3.34. The number of rotatable bonds is 5. The molecule has 0 aliphatic carbocycles. The zero-order chi connectivity index (χ0) is 12.1. The van der Waals surface area contributed by atoms with E-state index in [2.05, 4.69) is 29.0 Å². The van der Waals surface area contributed by atoms with Crippen LogP contribution in [-0.4, -0.2) is 16.1 Å². The molecule has 0 aliphatic heterocycles. The second-order valence-electron chi connectivity index (χ2n) is 4.03. The molecule has 1 aromatic heterocycles. The highest BCUT2D eigenvalue weighted by molar-refractivity contribution is 5.64. The summed E-state index contributed by atoms with van der Waals surface area (Å²) in [6.45, 7) is 5.61. The molecule has 2 rings (SSSR count). The first-order chi connectivity index (χ1) is 8.27. The van der Waals surface area contributed by atoms with Crippen molar-refractivity contribution < 1.29 is 0 Å². The number of aromatic nitrogens is 2.